The molecule has 0 N–H and O–H groups in total. The average Bonchev–Trinajstić information content (AvgIpc) is 3.08. The summed E-state index contributed by atoms with van der Waals surface area (Å²) in [5.74, 6) is -0.437. The molecule has 0 fully saturated rings. The van der Waals surface area contributed by atoms with Crippen LogP contribution in [-0.2, 0) is 22.7 Å². The molecule has 0 aliphatic rings. The van der Waals surface area contributed by atoms with Crippen molar-refractivity contribution < 1.29 is 9.53 Å². The second-order valence-electron chi connectivity index (χ2n) is 5.39. The van der Waals surface area contributed by atoms with Gasteiger partial charge in [0.1, 0.15) is 12.3 Å². The van der Waals surface area contributed by atoms with E-state index >= 15 is 0 Å². The standard InChI is InChI=1S/C19H16ClN3O2/c20-17-8-6-16(7-9-17)14-25-19(24)11-10-18-13-23(22-21-18)12-15-4-2-1-3-5-15/h1-11,13H,12,14H2/b11-10+. The van der Waals surface area contributed by atoms with Crippen LogP contribution in [0.4, 0.5) is 0 Å². The van der Waals surface area contributed by atoms with Crippen molar-refractivity contribution in [1.29, 1.82) is 0 Å². The minimum absolute atomic E-state index is 0.195. The van der Waals surface area contributed by atoms with Crippen molar-refractivity contribution in [1.82, 2.24) is 15.0 Å². The number of rotatable bonds is 6. The normalized spacial score (nSPS) is 10.9. The Morgan fingerprint density at radius 2 is 1.84 bits per heavy atom. The smallest absolute Gasteiger partial charge is 0.331 e. The lowest BCUT2D eigenvalue weighted by molar-refractivity contribution is -0.138. The summed E-state index contributed by atoms with van der Waals surface area (Å²) in [5, 5.41) is 8.70. The first-order valence-electron chi connectivity index (χ1n) is 7.72. The second kappa shape index (κ2) is 8.26. The number of carbonyl (C=O) groups is 1. The number of carbonyl (C=O) groups excluding carboxylic acids is 1. The molecule has 126 valence electrons. The molecule has 1 aromatic heterocycles. The van der Waals surface area contributed by atoms with E-state index < -0.39 is 5.97 Å². The SMILES string of the molecule is O=C(/C=C/c1cn(Cc2ccccc2)nn1)OCc1ccc(Cl)cc1. The number of nitrogens with zero attached hydrogens (tertiary/aromatic N) is 3. The molecule has 0 aliphatic carbocycles. The molecular weight excluding hydrogens is 338 g/mol. The van der Waals surface area contributed by atoms with Gasteiger partial charge in [0.25, 0.3) is 0 Å². The minimum Gasteiger partial charge on any atom is -0.458 e. The number of esters is 1. The summed E-state index contributed by atoms with van der Waals surface area (Å²) >= 11 is 5.81. The quantitative estimate of drug-likeness (QED) is 0.500. The number of halogens is 1. The molecule has 6 heteroatoms. The highest BCUT2D eigenvalue weighted by molar-refractivity contribution is 6.30. The van der Waals surface area contributed by atoms with Crippen LogP contribution in [0.3, 0.4) is 0 Å². The predicted molar refractivity (Wildman–Crippen MR) is 95.8 cm³/mol. The molecule has 0 spiro atoms. The zero-order chi connectivity index (χ0) is 17.5. The predicted octanol–water partition coefficient (Wildman–Crippen LogP) is 3.74. The van der Waals surface area contributed by atoms with E-state index in [-0.39, 0.29) is 6.61 Å². The van der Waals surface area contributed by atoms with E-state index in [0.29, 0.717) is 17.3 Å². The Kier molecular flexibility index (Phi) is 5.59. The van der Waals surface area contributed by atoms with Crippen molar-refractivity contribution in [3.63, 3.8) is 0 Å². The molecule has 1 heterocycles. The van der Waals surface area contributed by atoms with Gasteiger partial charge in [0, 0.05) is 11.1 Å². The number of ether oxygens (including phenoxy) is 1. The molecule has 0 saturated heterocycles. The van der Waals surface area contributed by atoms with Gasteiger partial charge in [-0.3, -0.25) is 0 Å². The van der Waals surface area contributed by atoms with Crippen LogP contribution < -0.4 is 0 Å². The summed E-state index contributed by atoms with van der Waals surface area (Å²) in [7, 11) is 0. The Labute approximate surface area is 150 Å². The second-order valence-corrected chi connectivity index (χ2v) is 5.83. The van der Waals surface area contributed by atoms with Crippen LogP contribution in [0.25, 0.3) is 6.08 Å². The largest absolute Gasteiger partial charge is 0.458 e. The summed E-state index contributed by atoms with van der Waals surface area (Å²) in [6.45, 7) is 0.823. The van der Waals surface area contributed by atoms with E-state index in [1.165, 1.54) is 6.08 Å². The molecule has 3 aromatic rings. The number of hydrogen-bond donors (Lipinski definition) is 0. The van der Waals surface area contributed by atoms with E-state index in [0.717, 1.165) is 11.1 Å². The van der Waals surface area contributed by atoms with Crippen LogP contribution in [0.2, 0.25) is 5.02 Å². The monoisotopic (exact) mass is 353 g/mol. The molecule has 0 aliphatic heterocycles. The fraction of sp³-hybridized carbons (Fsp3) is 0.105. The Morgan fingerprint density at radius 3 is 2.60 bits per heavy atom. The fourth-order valence-corrected chi connectivity index (χ4v) is 2.30. The third-order valence-electron chi connectivity index (χ3n) is 3.43. The van der Waals surface area contributed by atoms with Gasteiger partial charge in [-0.15, -0.1) is 5.10 Å². The van der Waals surface area contributed by atoms with Gasteiger partial charge >= 0.3 is 5.97 Å². The summed E-state index contributed by atoms with van der Waals surface area (Å²) in [6, 6.07) is 17.1. The lowest BCUT2D eigenvalue weighted by Gasteiger charge is -2.01. The minimum atomic E-state index is -0.437. The summed E-state index contributed by atoms with van der Waals surface area (Å²) in [6.07, 6.45) is 4.70. The van der Waals surface area contributed by atoms with E-state index in [9.17, 15) is 4.79 Å². The zero-order valence-electron chi connectivity index (χ0n) is 13.4. The first-order valence-corrected chi connectivity index (χ1v) is 8.10. The molecule has 3 rings (SSSR count). The van der Waals surface area contributed by atoms with Crippen LogP contribution in [0, 0.1) is 0 Å². The van der Waals surface area contributed by atoms with Crippen LogP contribution >= 0.6 is 11.6 Å². The lowest BCUT2D eigenvalue weighted by Crippen LogP contribution is -2.00. The van der Waals surface area contributed by atoms with Crippen LogP contribution in [0.1, 0.15) is 16.8 Å². The Hall–Kier alpha value is -2.92. The third kappa shape index (κ3) is 5.29. The van der Waals surface area contributed by atoms with Crippen LogP contribution in [-0.4, -0.2) is 21.0 Å². The van der Waals surface area contributed by atoms with Gasteiger partial charge in [-0.05, 0) is 29.3 Å². The molecule has 2 aromatic carbocycles. The molecule has 0 atom stereocenters. The summed E-state index contributed by atoms with van der Waals surface area (Å²) in [5.41, 5.74) is 2.60. The van der Waals surface area contributed by atoms with Gasteiger partial charge in [-0.2, -0.15) is 0 Å². The van der Waals surface area contributed by atoms with Crippen molar-refractivity contribution >= 4 is 23.6 Å². The molecule has 0 amide bonds. The molecule has 25 heavy (non-hydrogen) atoms. The van der Waals surface area contributed by atoms with Gasteiger partial charge in [0.2, 0.25) is 0 Å². The number of hydrogen-bond acceptors (Lipinski definition) is 4. The van der Waals surface area contributed by atoms with E-state index in [1.807, 2.05) is 42.5 Å². The average molecular weight is 354 g/mol. The molecule has 0 unspecified atom stereocenters. The molecule has 5 nitrogen and oxygen atoms in total. The fourth-order valence-electron chi connectivity index (χ4n) is 2.17. The maximum Gasteiger partial charge on any atom is 0.331 e. The summed E-state index contributed by atoms with van der Waals surface area (Å²) in [4.78, 5) is 11.8. The van der Waals surface area contributed by atoms with Gasteiger partial charge in [-0.1, -0.05) is 59.3 Å². The number of aromatic nitrogens is 3. The maximum atomic E-state index is 11.8. The zero-order valence-corrected chi connectivity index (χ0v) is 14.1. The molecule has 0 radical (unpaired) electrons. The Bertz CT molecular complexity index is 858. The Morgan fingerprint density at radius 1 is 1.08 bits per heavy atom. The van der Waals surface area contributed by atoms with Gasteiger partial charge in [0.15, 0.2) is 0 Å². The highest BCUT2D eigenvalue weighted by Gasteiger charge is 2.02. The van der Waals surface area contributed by atoms with Crippen LogP contribution in [0.5, 0.6) is 0 Å². The van der Waals surface area contributed by atoms with E-state index in [2.05, 4.69) is 10.3 Å². The van der Waals surface area contributed by atoms with E-state index in [4.69, 9.17) is 16.3 Å². The van der Waals surface area contributed by atoms with Gasteiger partial charge < -0.3 is 4.74 Å². The highest BCUT2D eigenvalue weighted by Crippen LogP contribution is 2.10. The first kappa shape index (κ1) is 16.9. The van der Waals surface area contributed by atoms with Crippen LogP contribution in [0.15, 0.2) is 66.9 Å². The lowest BCUT2D eigenvalue weighted by atomic mass is 10.2. The molecule has 0 bridgehead atoms. The van der Waals surface area contributed by atoms with Crippen molar-refractivity contribution in [2.45, 2.75) is 13.2 Å². The highest BCUT2D eigenvalue weighted by atomic mass is 35.5. The first-order chi connectivity index (χ1) is 12.2. The molecular formula is C19H16ClN3O2. The van der Waals surface area contributed by atoms with Gasteiger partial charge in [0.05, 0.1) is 12.7 Å². The number of benzene rings is 2. The van der Waals surface area contributed by atoms with Crippen molar-refractivity contribution in [3.05, 3.63) is 88.7 Å². The van der Waals surface area contributed by atoms with E-state index in [1.54, 1.807) is 29.1 Å². The van der Waals surface area contributed by atoms with Gasteiger partial charge in [-0.25, -0.2) is 9.48 Å². The third-order valence-corrected chi connectivity index (χ3v) is 3.68. The maximum absolute atomic E-state index is 11.8. The topological polar surface area (TPSA) is 57.0 Å². The molecule has 0 saturated carbocycles. The van der Waals surface area contributed by atoms with Crippen molar-refractivity contribution in [2.24, 2.45) is 0 Å². The van der Waals surface area contributed by atoms with Crippen molar-refractivity contribution in [3.8, 4) is 0 Å². The van der Waals surface area contributed by atoms with Crippen molar-refractivity contribution in [2.75, 3.05) is 0 Å². The summed E-state index contributed by atoms with van der Waals surface area (Å²) < 4.78 is 6.88. The Balaban J connectivity index is 1.51.